The Bertz CT molecular complexity index is 949. The highest BCUT2D eigenvalue weighted by atomic mass is 35.5. The van der Waals surface area contributed by atoms with Gasteiger partial charge in [0.1, 0.15) is 19.3 Å². The minimum absolute atomic E-state index is 0.0416. The molecule has 0 saturated heterocycles. The average molecular weight is 459 g/mol. The fourth-order valence-electron chi connectivity index (χ4n) is 3.50. The molecule has 0 spiro atoms. The van der Waals surface area contributed by atoms with E-state index in [9.17, 15) is 9.59 Å². The van der Waals surface area contributed by atoms with Crippen molar-refractivity contribution in [2.75, 3.05) is 13.2 Å². The molecule has 1 aliphatic heterocycles. The van der Waals surface area contributed by atoms with Crippen molar-refractivity contribution in [1.29, 1.82) is 0 Å². The normalized spacial score (nSPS) is 14.4. The molecule has 2 amide bonds. The molecule has 0 radical (unpaired) electrons. The van der Waals surface area contributed by atoms with Crippen molar-refractivity contribution in [2.45, 2.75) is 58.7 Å². The van der Waals surface area contributed by atoms with Crippen LogP contribution in [0.4, 0.5) is 0 Å². The first kappa shape index (κ1) is 23.9. The molecule has 0 saturated carbocycles. The molecule has 172 valence electrons. The number of benzene rings is 2. The number of carbonyl (C=O) groups is 2. The largest absolute Gasteiger partial charge is 0.486 e. The summed E-state index contributed by atoms with van der Waals surface area (Å²) in [6.45, 7) is 7.05. The van der Waals surface area contributed by atoms with E-state index in [0.717, 1.165) is 23.3 Å². The van der Waals surface area contributed by atoms with Gasteiger partial charge in [-0.05, 0) is 56.0 Å². The van der Waals surface area contributed by atoms with Crippen molar-refractivity contribution in [3.8, 4) is 11.5 Å². The SMILES string of the molecule is CC[C@@H](C)NC(=O)[C@@H](C)N(Cc1ccccc1Cl)C(=O)CCc1ccc2c(c1)OCCO2. The molecule has 3 rings (SSSR count). The standard InChI is InChI=1S/C25H31ClN2O4/c1-4-17(2)27-25(30)18(3)28(16-20-7-5-6-8-21(20)26)24(29)12-10-19-9-11-22-23(15-19)32-14-13-31-22/h5-9,11,15,17-18H,4,10,12-14,16H2,1-3H3,(H,27,30)/t17-,18-/m1/s1. The van der Waals surface area contributed by atoms with Crippen molar-refractivity contribution in [3.63, 3.8) is 0 Å². The number of nitrogens with zero attached hydrogens (tertiary/aromatic N) is 1. The highest BCUT2D eigenvalue weighted by molar-refractivity contribution is 6.31. The Morgan fingerprint density at radius 3 is 2.53 bits per heavy atom. The lowest BCUT2D eigenvalue weighted by Gasteiger charge is -2.30. The Hall–Kier alpha value is -2.73. The lowest BCUT2D eigenvalue weighted by Crippen LogP contribution is -2.49. The van der Waals surface area contributed by atoms with Crippen molar-refractivity contribution in [2.24, 2.45) is 0 Å². The van der Waals surface area contributed by atoms with Crippen LogP contribution in [-0.2, 0) is 22.6 Å². The van der Waals surface area contributed by atoms with E-state index < -0.39 is 6.04 Å². The Balaban J connectivity index is 1.73. The monoisotopic (exact) mass is 458 g/mol. The molecule has 1 N–H and O–H groups in total. The zero-order valence-electron chi connectivity index (χ0n) is 18.9. The second-order valence-corrected chi connectivity index (χ2v) is 8.49. The van der Waals surface area contributed by atoms with Gasteiger partial charge in [-0.2, -0.15) is 0 Å². The summed E-state index contributed by atoms with van der Waals surface area (Å²) in [5.74, 6) is 1.16. The van der Waals surface area contributed by atoms with Crippen LogP contribution in [0.15, 0.2) is 42.5 Å². The molecule has 2 atom stereocenters. The maximum absolute atomic E-state index is 13.3. The van der Waals surface area contributed by atoms with E-state index >= 15 is 0 Å². The van der Waals surface area contributed by atoms with Crippen molar-refractivity contribution in [3.05, 3.63) is 58.6 Å². The Labute approximate surface area is 194 Å². The molecular formula is C25H31ClN2O4. The Morgan fingerprint density at radius 2 is 1.81 bits per heavy atom. The number of halogens is 1. The quantitative estimate of drug-likeness (QED) is 0.605. The van der Waals surface area contributed by atoms with Crippen molar-refractivity contribution in [1.82, 2.24) is 10.2 Å². The molecule has 0 aromatic heterocycles. The molecule has 0 fully saturated rings. The van der Waals surface area contributed by atoms with Crippen LogP contribution in [0.5, 0.6) is 11.5 Å². The zero-order chi connectivity index (χ0) is 23.1. The van der Waals surface area contributed by atoms with E-state index in [-0.39, 0.29) is 30.8 Å². The van der Waals surface area contributed by atoms with Crippen LogP contribution in [0.25, 0.3) is 0 Å². The summed E-state index contributed by atoms with van der Waals surface area (Å²) in [4.78, 5) is 27.7. The number of aryl methyl sites for hydroxylation is 1. The summed E-state index contributed by atoms with van der Waals surface area (Å²) in [5.41, 5.74) is 1.79. The first-order valence-corrected chi connectivity index (χ1v) is 11.5. The summed E-state index contributed by atoms with van der Waals surface area (Å²) in [5, 5.41) is 3.55. The fraction of sp³-hybridized carbons (Fsp3) is 0.440. The van der Waals surface area contributed by atoms with Crippen LogP contribution in [0.3, 0.4) is 0 Å². The van der Waals surface area contributed by atoms with Gasteiger partial charge in [0.25, 0.3) is 0 Å². The van der Waals surface area contributed by atoms with E-state index in [0.29, 0.717) is 30.4 Å². The second kappa shape index (κ2) is 11.2. The van der Waals surface area contributed by atoms with E-state index in [4.69, 9.17) is 21.1 Å². The smallest absolute Gasteiger partial charge is 0.242 e. The maximum Gasteiger partial charge on any atom is 0.242 e. The van der Waals surface area contributed by atoms with Gasteiger partial charge in [-0.15, -0.1) is 0 Å². The third-order valence-corrected chi connectivity index (χ3v) is 6.07. The highest BCUT2D eigenvalue weighted by Gasteiger charge is 2.27. The molecule has 0 unspecified atom stereocenters. The molecule has 0 aliphatic carbocycles. The van der Waals surface area contributed by atoms with Crippen LogP contribution in [0.2, 0.25) is 5.02 Å². The predicted octanol–water partition coefficient (Wildman–Crippen LogP) is 4.38. The van der Waals surface area contributed by atoms with Crippen LogP contribution in [0.1, 0.15) is 44.7 Å². The van der Waals surface area contributed by atoms with E-state index in [1.54, 1.807) is 17.9 Å². The summed E-state index contributed by atoms with van der Waals surface area (Å²) >= 11 is 6.34. The minimum atomic E-state index is -0.618. The molecule has 32 heavy (non-hydrogen) atoms. The van der Waals surface area contributed by atoms with Crippen molar-refractivity contribution < 1.29 is 19.1 Å². The topological polar surface area (TPSA) is 67.9 Å². The number of hydrogen-bond donors (Lipinski definition) is 1. The predicted molar refractivity (Wildman–Crippen MR) is 125 cm³/mol. The van der Waals surface area contributed by atoms with Gasteiger partial charge < -0.3 is 19.7 Å². The van der Waals surface area contributed by atoms with E-state index in [1.165, 1.54) is 0 Å². The highest BCUT2D eigenvalue weighted by Crippen LogP contribution is 2.31. The van der Waals surface area contributed by atoms with E-state index in [1.807, 2.05) is 50.2 Å². The summed E-state index contributed by atoms with van der Waals surface area (Å²) in [7, 11) is 0. The van der Waals surface area contributed by atoms with Crippen LogP contribution in [0, 0.1) is 0 Å². The Morgan fingerprint density at radius 1 is 1.09 bits per heavy atom. The molecule has 1 heterocycles. The average Bonchev–Trinajstić information content (AvgIpc) is 2.81. The number of hydrogen-bond acceptors (Lipinski definition) is 4. The molecule has 2 aromatic rings. The van der Waals surface area contributed by atoms with Gasteiger partial charge in [0, 0.05) is 24.0 Å². The molecule has 2 aromatic carbocycles. The number of fused-ring (bicyclic) bond motifs is 1. The van der Waals surface area contributed by atoms with Gasteiger partial charge in [-0.25, -0.2) is 0 Å². The first-order chi connectivity index (χ1) is 15.4. The maximum atomic E-state index is 13.3. The minimum Gasteiger partial charge on any atom is -0.486 e. The molecule has 7 heteroatoms. The molecule has 0 bridgehead atoms. The summed E-state index contributed by atoms with van der Waals surface area (Å²) in [6.07, 6.45) is 1.63. The van der Waals surface area contributed by atoms with Gasteiger partial charge in [0.2, 0.25) is 11.8 Å². The van der Waals surface area contributed by atoms with Crippen molar-refractivity contribution >= 4 is 23.4 Å². The molecule has 1 aliphatic rings. The van der Waals surface area contributed by atoms with E-state index in [2.05, 4.69) is 5.32 Å². The van der Waals surface area contributed by atoms with Gasteiger partial charge in [0.15, 0.2) is 11.5 Å². The Kier molecular flexibility index (Phi) is 8.39. The number of carbonyl (C=O) groups excluding carboxylic acids is 2. The van der Waals surface area contributed by atoms with Gasteiger partial charge >= 0.3 is 0 Å². The molecule has 6 nitrogen and oxygen atoms in total. The first-order valence-electron chi connectivity index (χ1n) is 11.1. The number of nitrogens with one attached hydrogen (secondary N) is 1. The molecular weight excluding hydrogens is 428 g/mol. The fourth-order valence-corrected chi connectivity index (χ4v) is 3.69. The van der Waals surface area contributed by atoms with Gasteiger partial charge in [0.05, 0.1) is 0 Å². The third-order valence-electron chi connectivity index (χ3n) is 5.70. The third kappa shape index (κ3) is 6.16. The lowest BCUT2D eigenvalue weighted by atomic mass is 10.1. The number of ether oxygens (including phenoxy) is 2. The van der Waals surface area contributed by atoms with Crippen LogP contribution >= 0.6 is 11.6 Å². The van der Waals surface area contributed by atoms with Crippen LogP contribution < -0.4 is 14.8 Å². The summed E-state index contributed by atoms with van der Waals surface area (Å²) < 4.78 is 11.2. The lowest BCUT2D eigenvalue weighted by molar-refractivity contribution is -0.140. The zero-order valence-corrected chi connectivity index (χ0v) is 19.7. The van der Waals surface area contributed by atoms with Crippen LogP contribution in [-0.4, -0.2) is 42.0 Å². The second-order valence-electron chi connectivity index (χ2n) is 8.08. The van der Waals surface area contributed by atoms with Gasteiger partial charge in [-0.3, -0.25) is 9.59 Å². The summed E-state index contributed by atoms with van der Waals surface area (Å²) in [6, 6.07) is 12.5. The number of rotatable bonds is 9. The number of amides is 2. The van der Waals surface area contributed by atoms with Gasteiger partial charge in [-0.1, -0.05) is 42.8 Å².